The molecular formula is C15H22N4O3S. The highest BCUT2D eigenvalue weighted by Gasteiger charge is 2.10. The number of rotatable bonds is 5. The molecule has 0 aliphatic carbocycles. The number of alkyl carbamates (subject to hydrolysis) is 1. The van der Waals surface area contributed by atoms with Crippen molar-refractivity contribution in [3.63, 3.8) is 0 Å². The van der Waals surface area contributed by atoms with Gasteiger partial charge >= 0.3 is 12.1 Å². The van der Waals surface area contributed by atoms with Gasteiger partial charge in [0.25, 0.3) is 0 Å². The number of aryl methyl sites for hydroxylation is 1. The number of anilines is 2. The molecule has 0 bridgehead atoms. The lowest BCUT2D eigenvalue weighted by Gasteiger charge is -2.15. The van der Waals surface area contributed by atoms with Crippen LogP contribution >= 0.6 is 12.2 Å². The first-order valence-electron chi connectivity index (χ1n) is 7.27. The maximum Gasteiger partial charge on any atom is 0.413 e. The van der Waals surface area contributed by atoms with E-state index >= 15 is 0 Å². The average molecular weight is 338 g/mol. The van der Waals surface area contributed by atoms with Crippen LogP contribution in [-0.4, -0.2) is 31.4 Å². The number of methoxy groups -OCH3 is 1. The lowest BCUT2D eigenvalue weighted by atomic mass is 10.1. The molecule has 126 valence electrons. The zero-order valence-electron chi connectivity index (χ0n) is 13.5. The fraction of sp³-hybridized carbons (Fsp3) is 0.400. The van der Waals surface area contributed by atoms with Gasteiger partial charge in [-0.25, -0.2) is 9.59 Å². The minimum Gasteiger partial charge on any atom is -0.453 e. The van der Waals surface area contributed by atoms with E-state index < -0.39 is 6.09 Å². The highest BCUT2D eigenvalue weighted by atomic mass is 32.1. The average Bonchev–Trinajstić information content (AvgIpc) is 2.54. The molecule has 0 fully saturated rings. The van der Waals surface area contributed by atoms with Crippen molar-refractivity contribution in [1.29, 1.82) is 0 Å². The fourth-order valence-corrected chi connectivity index (χ4v) is 2.02. The number of amides is 3. The second kappa shape index (κ2) is 9.62. The molecule has 0 saturated carbocycles. The summed E-state index contributed by atoms with van der Waals surface area (Å²) in [7, 11) is 2.78. The Morgan fingerprint density at radius 2 is 1.96 bits per heavy atom. The molecule has 8 heteroatoms. The van der Waals surface area contributed by atoms with E-state index in [0.717, 1.165) is 24.8 Å². The third kappa shape index (κ3) is 6.52. The van der Waals surface area contributed by atoms with Crippen LogP contribution in [-0.2, 0) is 11.2 Å². The quantitative estimate of drug-likeness (QED) is 0.620. The van der Waals surface area contributed by atoms with Crippen molar-refractivity contribution >= 4 is 40.8 Å². The van der Waals surface area contributed by atoms with Crippen LogP contribution in [0.1, 0.15) is 25.3 Å². The summed E-state index contributed by atoms with van der Waals surface area (Å²) in [6.45, 7) is 2.12. The molecule has 0 unspecified atom stereocenters. The smallest absolute Gasteiger partial charge is 0.413 e. The molecular weight excluding hydrogens is 316 g/mol. The lowest BCUT2D eigenvalue weighted by Crippen LogP contribution is -2.34. The van der Waals surface area contributed by atoms with E-state index in [-0.39, 0.29) is 11.1 Å². The van der Waals surface area contributed by atoms with Gasteiger partial charge in [-0.2, -0.15) is 0 Å². The zero-order valence-corrected chi connectivity index (χ0v) is 14.3. The molecule has 0 aromatic heterocycles. The SMILES string of the molecule is CCCCc1ccc(NC(=S)NC(=O)OC)c(NC(=O)NC)c1. The van der Waals surface area contributed by atoms with Crippen molar-refractivity contribution in [3.8, 4) is 0 Å². The molecule has 0 atom stereocenters. The van der Waals surface area contributed by atoms with Crippen molar-refractivity contribution in [2.75, 3.05) is 24.8 Å². The molecule has 23 heavy (non-hydrogen) atoms. The summed E-state index contributed by atoms with van der Waals surface area (Å²) in [5, 5.41) is 10.5. The van der Waals surface area contributed by atoms with Crippen LogP contribution < -0.4 is 21.3 Å². The Morgan fingerprint density at radius 3 is 2.57 bits per heavy atom. The topological polar surface area (TPSA) is 91.5 Å². The van der Waals surface area contributed by atoms with Crippen molar-refractivity contribution < 1.29 is 14.3 Å². The molecule has 0 aliphatic heterocycles. The third-order valence-electron chi connectivity index (χ3n) is 3.03. The minimum atomic E-state index is -0.664. The van der Waals surface area contributed by atoms with E-state index in [0.29, 0.717) is 11.4 Å². The first-order valence-corrected chi connectivity index (χ1v) is 7.68. The normalized spacial score (nSPS) is 9.70. The third-order valence-corrected chi connectivity index (χ3v) is 3.23. The Hall–Kier alpha value is -2.35. The van der Waals surface area contributed by atoms with Gasteiger partial charge in [-0.3, -0.25) is 5.32 Å². The zero-order chi connectivity index (χ0) is 17.2. The van der Waals surface area contributed by atoms with E-state index in [9.17, 15) is 9.59 Å². The van der Waals surface area contributed by atoms with Gasteiger partial charge in [0, 0.05) is 7.05 Å². The molecule has 0 spiro atoms. The van der Waals surface area contributed by atoms with Gasteiger partial charge in [-0.1, -0.05) is 19.4 Å². The van der Waals surface area contributed by atoms with E-state index in [1.165, 1.54) is 14.2 Å². The molecule has 7 nitrogen and oxygen atoms in total. The maximum absolute atomic E-state index is 11.6. The number of carbonyl (C=O) groups excluding carboxylic acids is 2. The Kier molecular flexibility index (Phi) is 7.82. The first-order chi connectivity index (χ1) is 11.0. The predicted molar refractivity (Wildman–Crippen MR) is 94.9 cm³/mol. The van der Waals surface area contributed by atoms with Crippen LogP contribution in [0.4, 0.5) is 21.0 Å². The number of carbonyl (C=O) groups is 2. The largest absolute Gasteiger partial charge is 0.453 e. The number of hydrogen-bond donors (Lipinski definition) is 4. The number of unbranched alkanes of at least 4 members (excludes halogenated alkanes) is 1. The molecule has 0 saturated heterocycles. The van der Waals surface area contributed by atoms with Crippen LogP contribution in [0.25, 0.3) is 0 Å². The Balaban J connectivity index is 2.92. The van der Waals surface area contributed by atoms with Gasteiger partial charge in [0.2, 0.25) is 0 Å². The van der Waals surface area contributed by atoms with Gasteiger partial charge in [-0.05, 0) is 42.8 Å². The summed E-state index contributed by atoms with van der Waals surface area (Å²) in [5.74, 6) is 0. The van der Waals surface area contributed by atoms with E-state index in [1.807, 2.05) is 18.2 Å². The van der Waals surface area contributed by atoms with E-state index in [4.69, 9.17) is 12.2 Å². The monoisotopic (exact) mass is 338 g/mol. The number of urea groups is 1. The fourth-order valence-electron chi connectivity index (χ4n) is 1.82. The molecule has 1 rings (SSSR count). The number of nitrogens with one attached hydrogen (secondary N) is 4. The predicted octanol–water partition coefficient (Wildman–Crippen LogP) is 2.83. The first kappa shape index (κ1) is 18.7. The highest BCUT2D eigenvalue weighted by molar-refractivity contribution is 7.80. The Morgan fingerprint density at radius 1 is 1.22 bits per heavy atom. The van der Waals surface area contributed by atoms with Crippen LogP contribution in [0.3, 0.4) is 0 Å². The molecule has 1 aromatic carbocycles. The maximum atomic E-state index is 11.6. The number of benzene rings is 1. The van der Waals surface area contributed by atoms with Gasteiger partial charge in [0.05, 0.1) is 18.5 Å². The molecule has 0 aliphatic rings. The van der Waals surface area contributed by atoms with Crippen molar-refractivity contribution in [2.24, 2.45) is 0 Å². The summed E-state index contributed by atoms with van der Waals surface area (Å²) in [5.41, 5.74) is 2.26. The van der Waals surface area contributed by atoms with Crippen molar-refractivity contribution in [3.05, 3.63) is 23.8 Å². The summed E-state index contributed by atoms with van der Waals surface area (Å²) in [6.07, 6.45) is 2.41. The second-order valence-corrected chi connectivity index (χ2v) is 5.17. The molecule has 4 N–H and O–H groups in total. The molecule has 0 heterocycles. The molecule has 3 amide bonds. The lowest BCUT2D eigenvalue weighted by molar-refractivity contribution is 0.177. The number of thiocarbonyl (C=S) groups is 1. The summed E-state index contributed by atoms with van der Waals surface area (Å²) >= 11 is 5.03. The summed E-state index contributed by atoms with van der Waals surface area (Å²) < 4.78 is 4.48. The standard InChI is InChI=1S/C15H22N4O3S/c1-4-5-6-10-7-8-11(12(9-10)17-13(20)16-2)18-14(23)19-15(21)22-3/h7-9H,4-6H2,1-3H3,(H2,16,17,20)(H2,18,19,21,23). The van der Waals surface area contributed by atoms with Gasteiger partial charge < -0.3 is 20.7 Å². The highest BCUT2D eigenvalue weighted by Crippen LogP contribution is 2.24. The Bertz CT molecular complexity index is 578. The number of ether oxygens (including phenoxy) is 1. The van der Waals surface area contributed by atoms with Crippen LogP contribution in [0, 0.1) is 0 Å². The van der Waals surface area contributed by atoms with E-state index in [2.05, 4.69) is 32.9 Å². The van der Waals surface area contributed by atoms with Crippen molar-refractivity contribution in [1.82, 2.24) is 10.6 Å². The minimum absolute atomic E-state index is 0.0816. The molecule has 0 radical (unpaired) electrons. The van der Waals surface area contributed by atoms with E-state index in [1.54, 1.807) is 0 Å². The summed E-state index contributed by atoms with van der Waals surface area (Å²) in [6, 6.07) is 5.30. The Labute approximate surface area is 141 Å². The second-order valence-electron chi connectivity index (χ2n) is 4.76. The number of hydrogen-bond acceptors (Lipinski definition) is 4. The van der Waals surface area contributed by atoms with Gasteiger partial charge in [-0.15, -0.1) is 0 Å². The summed E-state index contributed by atoms with van der Waals surface area (Å²) in [4.78, 5) is 22.7. The van der Waals surface area contributed by atoms with Crippen LogP contribution in [0.15, 0.2) is 18.2 Å². The van der Waals surface area contributed by atoms with Gasteiger partial charge in [0.15, 0.2) is 5.11 Å². The van der Waals surface area contributed by atoms with Gasteiger partial charge in [0.1, 0.15) is 0 Å². The van der Waals surface area contributed by atoms with Crippen LogP contribution in [0.2, 0.25) is 0 Å². The van der Waals surface area contributed by atoms with Crippen LogP contribution in [0.5, 0.6) is 0 Å². The molecule has 1 aromatic rings. The van der Waals surface area contributed by atoms with Crippen molar-refractivity contribution in [2.45, 2.75) is 26.2 Å².